The molecule has 1 aliphatic rings. The normalized spacial score (nSPS) is 14.5. The van der Waals surface area contributed by atoms with E-state index in [2.05, 4.69) is 52.3 Å². The highest BCUT2D eigenvalue weighted by atomic mass is 32.2. The Balaban J connectivity index is 1.73. The predicted octanol–water partition coefficient (Wildman–Crippen LogP) is 1.91. The third-order valence-electron chi connectivity index (χ3n) is 3.78. The molecule has 5 nitrogen and oxygen atoms in total. The molecular formula is C17H26N4OS. The van der Waals surface area contributed by atoms with E-state index in [4.69, 9.17) is 0 Å². The fraction of sp³-hybridized carbons (Fsp3) is 0.529. The first kappa shape index (κ1) is 17.7. The number of amides is 1. The van der Waals surface area contributed by atoms with Crippen LogP contribution < -0.4 is 16.0 Å². The smallest absolute Gasteiger partial charge is 0.223 e. The van der Waals surface area contributed by atoms with Crippen molar-refractivity contribution in [2.75, 3.05) is 26.4 Å². The summed E-state index contributed by atoms with van der Waals surface area (Å²) < 4.78 is 0. The molecular weight excluding hydrogens is 308 g/mol. The van der Waals surface area contributed by atoms with Gasteiger partial charge in [-0.3, -0.25) is 9.79 Å². The van der Waals surface area contributed by atoms with Gasteiger partial charge in [0.25, 0.3) is 0 Å². The Kier molecular flexibility index (Phi) is 6.77. The number of guanidine groups is 1. The summed E-state index contributed by atoms with van der Waals surface area (Å²) in [6.07, 6.45) is 4.17. The highest BCUT2D eigenvalue weighted by Gasteiger charge is 2.28. The molecule has 1 aromatic carbocycles. The predicted molar refractivity (Wildman–Crippen MR) is 96.9 cm³/mol. The van der Waals surface area contributed by atoms with Gasteiger partial charge in [0.2, 0.25) is 5.91 Å². The van der Waals surface area contributed by atoms with Crippen molar-refractivity contribution < 1.29 is 4.79 Å². The fourth-order valence-corrected chi connectivity index (χ4v) is 2.96. The molecule has 0 heterocycles. The van der Waals surface area contributed by atoms with Crippen molar-refractivity contribution in [1.29, 1.82) is 0 Å². The van der Waals surface area contributed by atoms with Gasteiger partial charge in [0.05, 0.1) is 0 Å². The van der Waals surface area contributed by atoms with Gasteiger partial charge < -0.3 is 16.0 Å². The van der Waals surface area contributed by atoms with Crippen molar-refractivity contribution in [1.82, 2.24) is 16.0 Å². The van der Waals surface area contributed by atoms with E-state index in [1.54, 1.807) is 18.8 Å². The number of thioether (sulfide) groups is 1. The molecule has 0 saturated heterocycles. The van der Waals surface area contributed by atoms with Gasteiger partial charge in [-0.05, 0) is 43.2 Å². The summed E-state index contributed by atoms with van der Waals surface area (Å²) in [7, 11) is 1.75. The zero-order valence-electron chi connectivity index (χ0n) is 14.1. The Morgan fingerprint density at radius 2 is 2.00 bits per heavy atom. The SMILES string of the molecule is CN=C(NCCNC(=O)C1CC1)NCc1ccc(C)cc1SC. The van der Waals surface area contributed by atoms with E-state index in [1.165, 1.54) is 16.0 Å². The Labute approximate surface area is 142 Å². The second-order valence-corrected chi connectivity index (χ2v) is 6.58. The number of aryl methyl sites for hydroxylation is 1. The summed E-state index contributed by atoms with van der Waals surface area (Å²) in [5, 5.41) is 9.47. The zero-order chi connectivity index (χ0) is 16.7. The van der Waals surface area contributed by atoms with Crippen molar-refractivity contribution in [3.63, 3.8) is 0 Å². The molecule has 1 saturated carbocycles. The minimum Gasteiger partial charge on any atom is -0.355 e. The summed E-state index contributed by atoms with van der Waals surface area (Å²) in [5.41, 5.74) is 2.53. The molecule has 0 aromatic heterocycles. The maximum absolute atomic E-state index is 11.5. The second kappa shape index (κ2) is 8.82. The van der Waals surface area contributed by atoms with Crippen molar-refractivity contribution in [3.8, 4) is 0 Å². The van der Waals surface area contributed by atoms with E-state index in [1.807, 2.05) is 0 Å². The van der Waals surface area contributed by atoms with Crippen LogP contribution in [0.1, 0.15) is 24.0 Å². The van der Waals surface area contributed by atoms with Crippen LogP contribution in [-0.2, 0) is 11.3 Å². The average Bonchev–Trinajstić information content (AvgIpc) is 3.39. The van der Waals surface area contributed by atoms with Crippen LogP contribution in [-0.4, -0.2) is 38.3 Å². The molecule has 6 heteroatoms. The largest absolute Gasteiger partial charge is 0.355 e. The lowest BCUT2D eigenvalue weighted by Gasteiger charge is -2.14. The molecule has 0 atom stereocenters. The van der Waals surface area contributed by atoms with Gasteiger partial charge in [-0.15, -0.1) is 11.8 Å². The van der Waals surface area contributed by atoms with Gasteiger partial charge >= 0.3 is 0 Å². The molecule has 0 aliphatic heterocycles. The Morgan fingerprint density at radius 1 is 1.26 bits per heavy atom. The summed E-state index contributed by atoms with van der Waals surface area (Å²) >= 11 is 1.75. The van der Waals surface area contributed by atoms with Gasteiger partial charge in [0.15, 0.2) is 5.96 Å². The van der Waals surface area contributed by atoms with E-state index in [9.17, 15) is 4.79 Å². The number of hydrogen-bond acceptors (Lipinski definition) is 3. The van der Waals surface area contributed by atoms with E-state index < -0.39 is 0 Å². The fourth-order valence-electron chi connectivity index (χ4n) is 2.25. The van der Waals surface area contributed by atoms with Gasteiger partial charge in [-0.25, -0.2) is 0 Å². The second-order valence-electron chi connectivity index (χ2n) is 5.73. The van der Waals surface area contributed by atoms with Crippen LogP contribution in [0.4, 0.5) is 0 Å². The summed E-state index contributed by atoms with van der Waals surface area (Å²) in [5.74, 6) is 1.19. The Bertz CT molecular complexity index is 570. The van der Waals surface area contributed by atoms with Crippen LogP contribution in [0.3, 0.4) is 0 Å². The lowest BCUT2D eigenvalue weighted by molar-refractivity contribution is -0.122. The number of aliphatic imine (C=N–C) groups is 1. The van der Waals surface area contributed by atoms with Gasteiger partial charge in [-0.1, -0.05) is 12.1 Å². The minimum atomic E-state index is 0.180. The monoisotopic (exact) mass is 334 g/mol. The third-order valence-corrected chi connectivity index (χ3v) is 4.60. The van der Waals surface area contributed by atoms with E-state index in [0.717, 1.165) is 25.3 Å². The molecule has 0 bridgehead atoms. The molecule has 0 spiro atoms. The Hall–Kier alpha value is -1.69. The molecule has 23 heavy (non-hydrogen) atoms. The first-order valence-corrected chi connectivity index (χ1v) is 9.22. The molecule has 1 aliphatic carbocycles. The third kappa shape index (κ3) is 5.78. The van der Waals surface area contributed by atoms with Gasteiger partial charge in [-0.2, -0.15) is 0 Å². The molecule has 0 radical (unpaired) electrons. The van der Waals surface area contributed by atoms with Gasteiger partial charge in [0.1, 0.15) is 0 Å². The van der Waals surface area contributed by atoms with Gasteiger partial charge in [0, 0.05) is 37.5 Å². The lowest BCUT2D eigenvalue weighted by Crippen LogP contribution is -2.41. The molecule has 0 unspecified atom stereocenters. The molecule has 1 aromatic rings. The average molecular weight is 334 g/mol. The summed E-state index contributed by atoms with van der Waals surface area (Å²) in [6.45, 7) is 4.12. The highest BCUT2D eigenvalue weighted by Crippen LogP contribution is 2.28. The minimum absolute atomic E-state index is 0.180. The van der Waals surface area contributed by atoms with Crippen molar-refractivity contribution in [2.45, 2.75) is 31.2 Å². The van der Waals surface area contributed by atoms with Crippen LogP contribution in [0, 0.1) is 12.8 Å². The molecule has 1 amide bonds. The maximum atomic E-state index is 11.5. The van der Waals surface area contributed by atoms with Crippen molar-refractivity contribution in [2.24, 2.45) is 10.9 Å². The van der Waals surface area contributed by atoms with Crippen LogP contribution in [0.25, 0.3) is 0 Å². The maximum Gasteiger partial charge on any atom is 0.223 e. The zero-order valence-corrected chi connectivity index (χ0v) is 14.9. The van der Waals surface area contributed by atoms with E-state index in [0.29, 0.717) is 13.1 Å². The quantitative estimate of drug-likeness (QED) is 0.308. The molecule has 126 valence electrons. The van der Waals surface area contributed by atoms with Crippen molar-refractivity contribution >= 4 is 23.6 Å². The standard InChI is InChI=1S/C17H26N4OS/c1-12-4-5-14(15(10-12)23-3)11-21-17(18-2)20-9-8-19-16(22)13-6-7-13/h4-5,10,13H,6-9,11H2,1-3H3,(H,19,22)(H2,18,20,21). The molecule has 3 N–H and O–H groups in total. The first-order valence-electron chi connectivity index (χ1n) is 7.99. The summed E-state index contributed by atoms with van der Waals surface area (Å²) in [4.78, 5) is 17.0. The van der Waals surface area contributed by atoms with Crippen LogP contribution in [0.2, 0.25) is 0 Å². The Morgan fingerprint density at radius 3 is 2.65 bits per heavy atom. The highest BCUT2D eigenvalue weighted by molar-refractivity contribution is 7.98. The number of carbonyl (C=O) groups excluding carboxylic acids is 1. The number of nitrogens with zero attached hydrogens (tertiary/aromatic N) is 1. The van der Waals surface area contributed by atoms with Crippen molar-refractivity contribution in [3.05, 3.63) is 29.3 Å². The van der Waals surface area contributed by atoms with Crippen LogP contribution >= 0.6 is 11.8 Å². The molecule has 2 rings (SSSR count). The lowest BCUT2D eigenvalue weighted by atomic mass is 10.1. The topological polar surface area (TPSA) is 65.5 Å². The van der Waals surface area contributed by atoms with E-state index in [-0.39, 0.29) is 11.8 Å². The number of benzene rings is 1. The number of hydrogen-bond donors (Lipinski definition) is 3. The number of carbonyl (C=O) groups is 1. The number of nitrogens with one attached hydrogen (secondary N) is 3. The van der Waals surface area contributed by atoms with Crippen LogP contribution in [0.15, 0.2) is 28.1 Å². The molecule has 1 fully saturated rings. The van der Waals surface area contributed by atoms with E-state index >= 15 is 0 Å². The summed E-state index contributed by atoms with van der Waals surface area (Å²) in [6, 6.07) is 6.48. The first-order chi connectivity index (χ1) is 11.1. The van der Waals surface area contributed by atoms with Crippen LogP contribution in [0.5, 0.6) is 0 Å². The number of rotatable bonds is 7.